The molecule has 5 rings (SSSR count). The monoisotopic (exact) mass is 302 g/mol. The Morgan fingerprint density at radius 1 is 0.909 bits per heavy atom. The number of benzene rings is 1. The van der Waals surface area contributed by atoms with Crippen LogP contribution in [0.3, 0.4) is 0 Å². The average Bonchev–Trinajstić information content (AvgIpc) is 2.51. The fourth-order valence-corrected chi connectivity index (χ4v) is 5.58. The van der Waals surface area contributed by atoms with Gasteiger partial charge in [-0.25, -0.2) is 0 Å². The Morgan fingerprint density at radius 3 is 1.86 bits per heavy atom. The zero-order valence-corrected chi connectivity index (χ0v) is 13.5. The van der Waals surface area contributed by atoms with E-state index < -0.39 is 5.60 Å². The number of hydrogen-bond acceptors (Lipinski definition) is 3. The lowest BCUT2D eigenvalue weighted by atomic mass is 9.49. The van der Waals surface area contributed by atoms with E-state index in [1.807, 2.05) is 18.2 Å². The molecule has 0 aliphatic heterocycles. The largest absolute Gasteiger partial charge is 0.497 e. The van der Waals surface area contributed by atoms with Gasteiger partial charge < -0.3 is 14.6 Å². The molecule has 0 heterocycles. The van der Waals surface area contributed by atoms with Gasteiger partial charge in [0, 0.05) is 12.5 Å². The molecular formula is C19H26O3. The summed E-state index contributed by atoms with van der Waals surface area (Å²) in [7, 11) is 3.35. The lowest BCUT2D eigenvalue weighted by molar-refractivity contribution is -0.171. The second kappa shape index (κ2) is 5.16. The van der Waals surface area contributed by atoms with Gasteiger partial charge in [-0.15, -0.1) is 0 Å². The Hall–Kier alpha value is -1.22. The molecule has 3 heteroatoms. The average molecular weight is 302 g/mol. The summed E-state index contributed by atoms with van der Waals surface area (Å²) in [5.41, 5.74) is 0.608. The van der Waals surface area contributed by atoms with Crippen molar-refractivity contribution in [3.63, 3.8) is 0 Å². The van der Waals surface area contributed by atoms with Gasteiger partial charge in [-0.1, -0.05) is 0 Å². The first-order valence-electron chi connectivity index (χ1n) is 8.55. The highest BCUT2D eigenvalue weighted by Crippen LogP contribution is 2.59. The molecule has 120 valence electrons. The lowest BCUT2D eigenvalue weighted by Crippen LogP contribution is -2.58. The third-order valence-corrected chi connectivity index (χ3v) is 6.45. The van der Waals surface area contributed by atoms with Crippen LogP contribution in [0.4, 0.5) is 0 Å². The fourth-order valence-electron chi connectivity index (χ4n) is 5.58. The number of ether oxygens (including phenoxy) is 2. The standard InChI is InChI=1S/C19H26O3/c1-21-17-8-14(9-18(10-17)22-2)11-19(20)15-4-12-3-13(6-15)7-16(19)5-12/h8-10,12-13,15-16,20H,3-7,11H2,1-2H3. The Morgan fingerprint density at radius 2 is 1.41 bits per heavy atom. The first-order valence-corrected chi connectivity index (χ1v) is 8.55. The lowest BCUT2D eigenvalue weighted by Gasteiger charge is -2.59. The van der Waals surface area contributed by atoms with Crippen molar-refractivity contribution in [2.45, 2.75) is 44.1 Å². The summed E-state index contributed by atoms with van der Waals surface area (Å²) < 4.78 is 10.8. The van der Waals surface area contributed by atoms with Gasteiger partial charge in [0.15, 0.2) is 0 Å². The fraction of sp³-hybridized carbons (Fsp3) is 0.684. The Bertz CT molecular complexity index is 516. The van der Waals surface area contributed by atoms with Gasteiger partial charge in [0.05, 0.1) is 19.8 Å². The van der Waals surface area contributed by atoms with Crippen LogP contribution in [0.2, 0.25) is 0 Å². The Labute approximate surface area is 132 Å². The third-order valence-electron chi connectivity index (χ3n) is 6.45. The van der Waals surface area contributed by atoms with Crippen LogP contribution in [0.1, 0.15) is 37.7 Å². The Balaban J connectivity index is 1.62. The van der Waals surface area contributed by atoms with Crippen molar-refractivity contribution in [1.82, 2.24) is 0 Å². The first kappa shape index (κ1) is 14.4. The second-order valence-corrected chi connectivity index (χ2v) is 7.69. The van der Waals surface area contributed by atoms with Crippen LogP contribution in [-0.4, -0.2) is 24.9 Å². The van der Waals surface area contributed by atoms with Gasteiger partial charge in [-0.3, -0.25) is 0 Å². The van der Waals surface area contributed by atoms with E-state index in [1.54, 1.807) is 14.2 Å². The maximum atomic E-state index is 11.5. The molecule has 22 heavy (non-hydrogen) atoms. The van der Waals surface area contributed by atoms with Crippen LogP contribution in [0, 0.1) is 23.7 Å². The molecule has 1 N–H and O–H groups in total. The number of methoxy groups -OCH3 is 2. The summed E-state index contributed by atoms with van der Waals surface area (Å²) >= 11 is 0. The molecule has 4 saturated carbocycles. The minimum atomic E-state index is -0.523. The zero-order valence-electron chi connectivity index (χ0n) is 13.5. The highest BCUT2D eigenvalue weighted by Gasteiger charge is 2.56. The molecule has 4 aliphatic carbocycles. The maximum absolute atomic E-state index is 11.5. The highest BCUT2D eigenvalue weighted by atomic mass is 16.5. The minimum Gasteiger partial charge on any atom is -0.497 e. The highest BCUT2D eigenvalue weighted by molar-refractivity contribution is 5.39. The first-order chi connectivity index (χ1) is 10.6. The van der Waals surface area contributed by atoms with E-state index in [0.29, 0.717) is 11.8 Å². The molecule has 0 amide bonds. The summed E-state index contributed by atoms with van der Waals surface area (Å²) in [5.74, 6) is 4.34. The van der Waals surface area contributed by atoms with Crippen molar-refractivity contribution in [2.75, 3.05) is 14.2 Å². The summed E-state index contributed by atoms with van der Waals surface area (Å²) in [5, 5.41) is 11.5. The van der Waals surface area contributed by atoms with Gasteiger partial charge in [0.2, 0.25) is 0 Å². The predicted octanol–water partition coefficient (Wildman–Crippen LogP) is 3.43. The van der Waals surface area contributed by atoms with Crippen LogP contribution >= 0.6 is 0 Å². The van der Waals surface area contributed by atoms with Crippen molar-refractivity contribution in [1.29, 1.82) is 0 Å². The number of aliphatic hydroxyl groups is 1. The molecule has 4 fully saturated rings. The predicted molar refractivity (Wildman–Crippen MR) is 85.2 cm³/mol. The molecule has 0 unspecified atom stereocenters. The van der Waals surface area contributed by atoms with E-state index in [2.05, 4.69) is 0 Å². The summed E-state index contributed by atoms with van der Waals surface area (Å²) in [6.45, 7) is 0. The molecule has 1 aromatic carbocycles. The van der Waals surface area contributed by atoms with Crippen LogP contribution in [-0.2, 0) is 6.42 Å². The molecule has 0 aromatic heterocycles. The van der Waals surface area contributed by atoms with E-state index in [-0.39, 0.29) is 0 Å². The van der Waals surface area contributed by atoms with E-state index in [1.165, 1.54) is 32.1 Å². The van der Waals surface area contributed by atoms with Crippen molar-refractivity contribution >= 4 is 0 Å². The normalized spacial score (nSPS) is 39.0. The summed E-state index contributed by atoms with van der Waals surface area (Å²) in [6.07, 6.45) is 7.05. The van der Waals surface area contributed by atoms with E-state index in [0.717, 1.165) is 35.3 Å². The molecule has 0 radical (unpaired) electrons. The van der Waals surface area contributed by atoms with Crippen LogP contribution in [0.5, 0.6) is 11.5 Å². The molecular weight excluding hydrogens is 276 g/mol. The minimum absolute atomic E-state index is 0.487. The summed E-state index contributed by atoms with van der Waals surface area (Å²) in [4.78, 5) is 0. The SMILES string of the molecule is COc1cc(CC2(O)C3CC4CC(C3)CC2C4)cc(OC)c1. The van der Waals surface area contributed by atoms with Gasteiger partial charge in [-0.05, 0) is 73.5 Å². The molecule has 0 saturated heterocycles. The van der Waals surface area contributed by atoms with Crippen LogP contribution in [0.25, 0.3) is 0 Å². The van der Waals surface area contributed by atoms with E-state index in [4.69, 9.17) is 9.47 Å². The topological polar surface area (TPSA) is 38.7 Å². The van der Waals surface area contributed by atoms with Crippen molar-refractivity contribution in [3.8, 4) is 11.5 Å². The van der Waals surface area contributed by atoms with Gasteiger partial charge in [0.25, 0.3) is 0 Å². The smallest absolute Gasteiger partial charge is 0.122 e. The molecule has 3 nitrogen and oxygen atoms in total. The molecule has 4 aliphatic rings. The number of rotatable bonds is 4. The van der Waals surface area contributed by atoms with E-state index >= 15 is 0 Å². The van der Waals surface area contributed by atoms with Crippen molar-refractivity contribution < 1.29 is 14.6 Å². The molecule has 4 bridgehead atoms. The van der Waals surface area contributed by atoms with Crippen molar-refractivity contribution in [3.05, 3.63) is 23.8 Å². The van der Waals surface area contributed by atoms with Gasteiger partial charge in [0.1, 0.15) is 11.5 Å². The van der Waals surface area contributed by atoms with Gasteiger partial charge in [-0.2, -0.15) is 0 Å². The zero-order chi connectivity index (χ0) is 15.3. The number of hydrogen-bond donors (Lipinski definition) is 1. The maximum Gasteiger partial charge on any atom is 0.122 e. The quantitative estimate of drug-likeness (QED) is 0.926. The van der Waals surface area contributed by atoms with Gasteiger partial charge >= 0.3 is 0 Å². The second-order valence-electron chi connectivity index (χ2n) is 7.69. The van der Waals surface area contributed by atoms with E-state index in [9.17, 15) is 5.11 Å². The molecule has 1 aromatic rings. The summed E-state index contributed by atoms with van der Waals surface area (Å²) in [6, 6.07) is 5.99. The van der Waals surface area contributed by atoms with Crippen molar-refractivity contribution in [2.24, 2.45) is 23.7 Å². The molecule has 0 atom stereocenters. The Kier molecular flexibility index (Phi) is 3.37. The molecule has 0 spiro atoms. The van der Waals surface area contributed by atoms with Crippen LogP contribution in [0.15, 0.2) is 18.2 Å². The third kappa shape index (κ3) is 2.21. The van der Waals surface area contributed by atoms with Crippen LogP contribution < -0.4 is 9.47 Å².